The number of nitro benzene ring substituents is 2. The number of nitrogens with one attached hydrogen (secondary N) is 1. The third kappa shape index (κ3) is 7.79. The van der Waals surface area contributed by atoms with Crippen LogP contribution in [-0.4, -0.2) is 15.8 Å². The van der Waals surface area contributed by atoms with Crippen LogP contribution in [-0.2, 0) is 4.79 Å². The molecule has 0 unspecified atom stereocenters. The molecule has 0 bridgehead atoms. The van der Waals surface area contributed by atoms with Crippen LogP contribution in [0.25, 0.3) is 0 Å². The molecule has 4 rings (SSSR count). The molecule has 3 N–H and O–H groups in total. The number of hydrogen-bond donors (Lipinski definition) is 2. The van der Waals surface area contributed by atoms with E-state index in [9.17, 15) is 25.0 Å². The minimum Gasteiger partial charge on any atom is -0.457 e. The zero-order valence-electron chi connectivity index (χ0n) is 19.6. The predicted molar refractivity (Wildman–Crippen MR) is 138 cm³/mol. The lowest BCUT2D eigenvalue weighted by molar-refractivity contribution is -0.384. The minimum atomic E-state index is -0.566. The Bertz CT molecular complexity index is 1400. The van der Waals surface area contributed by atoms with Gasteiger partial charge in [-0.1, -0.05) is 36.4 Å². The summed E-state index contributed by atoms with van der Waals surface area (Å²) in [5.41, 5.74) is 5.38. The van der Waals surface area contributed by atoms with E-state index in [1.807, 2.05) is 24.3 Å². The molecule has 4 aromatic rings. The molecule has 0 heterocycles. The molecule has 0 spiro atoms. The fourth-order valence-electron chi connectivity index (χ4n) is 3.02. The summed E-state index contributed by atoms with van der Waals surface area (Å²) in [6.07, 6.45) is 0. The lowest BCUT2D eigenvalue weighted by atomic mass is 10.2. The summed E-state index contributed by atoms with van der Waals surface area (Å²) < 4.78 is 11.0. The van der Waals surface area contributed by atoms with Crippen molar-refractivity contribution in [2.75, 3.05) is 11.1 Å². The molecule has 4 aromatic carbocycles. The Morgan fingerprint density at radius 3 is 1.62 bits per heavy atom. The highest BCUT2D eigenvalue weighted by Crippen LogP contribution is 2.32. The number of para-hydroxylation sites is 2. The summed E-state index contributed by atoms with van der Waals surface area (Å²) >= 11 is 0. The average molecular weight is 502 g/mol. The second kappa shape index (κ2) is 12.3. The van der Waals surface area contributed by atoms with Gasteiger partial charge in [-0.3, -0.25) is 25.0 Å². The lowest BCUT2D eigenvalue weighted by Gasteiger charge is -2.08. The molecule has 0 aliphatic rings. The van der Waals surface area contributed by atoms with Crippen molar-refractivity contribution >= 4 is 28.7 Å². The number of nitrogens with zero attached hydrogens (tertiary/aromatic N) is 2. The zero-order chi connectivity index (χ0) is 26.8. The van der Waals surface area contributed by atoms with Gasteiger partial charge in [-0.15, -0.1) is 0 Å². The van der Waals surface area contributed by atoms with E-state index in [0.717, 1.165) is 0 Å². The van der Waals surface area contributed by atoms with E-state index in [1.54, 1.807) is 48.5 Å². The van der Waals surface area contributed by atoms with Gasteiger partial charge >= 0.3 is 0 Å². The topological polar surface area (TPSA) is 160 Å². The molecule has 0 fully saturated rings. The summed E-state index contributed by atoms with van der Waals surface area (Å²) in [4.78, 5) is 31.6. The molecular weight excluding hydrogens is 480 g/mol. The molecule has 0 aliphatic heterocycles. The number of carbonyl (C=O) groups excluding carboxylic acids is 1. The first-order valence-corrected chi connectivity index (χ1v) is 10.8. The van der Waals surface area contributed by atoms with Crippen LogP contribution in [0.4, 0.5) is 22.7 Å². The van der Waals surface area contributed by atoms with Crippen molar-refractivity contribution in [3.05, 3.63) is 117 Å². The van der Waals surface area contributed by atoms with Gasteiger partial charge in [0.1, 0.15) is 34.4 Å². The number of benzene rings is 4. The highest BCUT2D eigenvalue weighted by molar-refractivity contribution is 5.91. The Labute approximate surface area is 211 Å². The Balaban J connectivity index is 0.000000208. The number of nitrogens with two attached hydrogens (primary N) is 1. The fourth-order valence-corrected chi connectivity index (χ4v) is 3.02. The van der Waals surface area contributed by atoms with Gasteiger partial charge in [0.2, 0.25) is 5.91 Å². The quantitative estimate of drug-likeness (QED) is 0.169. The SMILES string of the molecule is CC(=O)Nc1ccc(Oc2ccccc2)cc1[N+](=O)[O-].Nc1ccc(Oc2ccccc2)cc1[N+](=O)[O-]. The van der Waals surface area contributed by atoms with Crippen LogP contribution in [0.5, 0.6) is 23.0 Å². The van der Waals surface area contributed by atoms with E-state index >= 15 is 0 Å². The summed E-state index contributed by atoms with van der Waals surface area (Å²) in [5, 5.41) is 24.1. The van der Waals surface area contributed by atoms with Crippen LogP contribution in [0, 0.1) is 20.2 Å². The van der Waals surface area contributed by atoms with Crippen LogP contribution in [0.15, 0.2) is 97.1 Å². The van der Waals surface area contributed by atoms with Crippen LogP contribution < -0.4 is 20.5 Å². The molecule has 37 heavy (non-hydrogen) atoms. The van der Waals surface area contributed by atoms with Gasteiger partial charge in [0.15, 0.2) is 0 Å². The van der Waals surface area contributed by atoms with E-state index in [0.29, 0.717) is 23.0 Å². The van der Waals surface area contributed by atoms with Gasteiger partial charge in [0.25, 0.3) is 11.4 Å². The summed E-state index contributed by atoms with van der Waals surface area (Å²) in [5.74, 6) is 1.54. The maximum Gasteiger partial charge on any atom is 0.296 e. The number of ether oxygens (including phenoxy) is 2. The highest BCUT2D eigenvalue weighted by Gasteiger charge is 2.16. The van der Waals surface area contributed by atoms with Crippen molar-refractivity contribution in [2.24, 2.45) is 0 Å². The summed E-state index contributed by atoms with van der Waals surface area (Å²) in [6.45, 7) is 1.29. The first kappa shape index (κ1) is 26.2. The smallest absolute Gasteiger partial charge is 0.296 e. The first-order chi connectivity index (χ1) is 17.7. The molecule has 188 valence electrons. The lowest BCUT2D eigenvalue weighted by Crippen LogP contribution is -2.08. The molecule has 1 amide bonds. The maximum absolute atomic E-state index is 11.0. The van der Waals surface area contributed by atoms with Gasteiger partial charge in [-0.25, -0.2) is 0 Å². The Kier molecular flexibility index (Phi) is 8.70. The number of rotatable bonds is 7. The number of hydrogen-bond acceptors (Lipinski definition) is 8. The van der Waals surface area contributed by atoms with Crippen molar-refractivity contribution in [3.63, 3.8) is 0 Å². The van der Waals surface area contributed by atoms with E-state index in [-0.39, 0.29) is 28.7 Å². The molecule has 0 radical (unpaired) electrons. The predicted octanol–water partition coefficient (Wildman–Crippen LogP) is 6.31. The largest absolute Gasteiger partial charge is 0.457 e. The number of carbonyl (C=O) groups is 1. The van der Waals surface area contributed by atoms with Crippen LogP contribution in [0.1, 0.15) is 6.92 Å². The number of nitro groups is 2. The minimum absolute atomic E-state index is 0.121. The van der Waals surface area contributed by atoms with Crippen molar-refractivity contribution in [1.29, 1.82) is 0 Å². The fraction of sp³-hybridized carbons (Fsp3) is 0.0385. The van der Waals surface area contributed by atoms with E-state index in [2.05, 4.69) is 5.32 Å². The molecule has 0 saturated carbocycles. The third-order valence-corrected chi connectivity index (χ3v) is 4.63. The molecule has 0 atom stereocenters. The molecule has 0 saturated heterocycles. The van der Waals surface area contributed by atoms with Crippen LogP contribution in [0.3, 0.4) is 0 Å². The molecular formula is C26H22N4O7. The maximum atomic E-state index is 11.0. The van der Waals surface area contributed by atoms with E-state index in [4.69, 9.17) is 15.2 Å². The van der Waals surface area contributed by atoms with E-state index < -0.39 is 9.85 Å². The second-order valence-electron chi connectivity index (χ2n) is 7.43. The van der Waals surface area contributed by atoms with Gasteiger partial charge in [0, 0.05) is 6.92 Å². The molecule has 11 nitrogen and oxygen atoms in total. The third-order valence-electron chi connectivity index (χ3n) is 4.63. The summed E-state index contributed by atoms with van der Waals surface area (Å²) in [6, 6.07) is 26.6. The van der Waals surface area contributed by atoms with Gasteiger partial charge in [-0.2, -0.15) is 0 Å². The van der Waals surface area contributed by atoms with Gasteiger partial charge in [-0.05, 0) is 48.5 Å². The van der Waals surface area contributed by atoms with Crippen molar-refractivity contribution in [3.8, 4) is 23.0 Å². The van der Waals surface area contributed by atoms with Crippen molar-refractivity contribution in [1.82, 2.24) is 0 Å². The number of anilines is 2. The van der Waals surface area contributed by atoms with E-state index in [1.165, 1.54) is 31.2 Å². The molecule has 0 aromatic heterocycles. The second-order valence-corrected chi connectivity index (χ2v) is 7.43. The zero-order valence-corrected chi connectivity index (χ0v) is 19.6. The van der Waals surface area contributed by atoms with Gasteiger partial charge < -0.3 is 20.5 Å². The molecule has 0 aliphatic carbocycles. The average Bonchev–Trinajstić information content (AvgIpc) is 2.87. The molecule has 11 heteroatoms. The highest BCUT2D eigenvalue weighted by atomic mass is 16.6. The Morgan fingerprint density at radius 2 is 1.16 bits per heavy atom. The summed E-state index contributed by atoms with van der Waals surface area (Å²) in [7, 11) is 0. The van der Waals surface area contributed by atoms with Crippen LogP contribution in [0.2, 0.25) is 0 Å². The van der Waals surface area contributed by atoms with Crippen LogP contribution >= 0.6 is 0 Å². The number of amides is 1. The Morgan fingerprint density at radius 1 is 0.703 bits per heavy atom. The number of nitrogen functional groups attached to an aromatic ring is 1. The first-order valence-electron chi connectivity index (χ1n) is 10.8. The Hall–Kier alpha value is -5.45. The normalized spacial score (nSPS) is 9.86. The van der Waals surface area contributed by atoms with Crippen molar-refractivity contribution < 1.29 is 24.1 Å². The monoisotopic (exact) mass is 502 g/mol. The standard InChI is InChI=1S/C14H12N2O4.C12H10N2O3/c1-10(17)15-13-8-7-12(9-14(13)16(18)19)20-11-5-3-2-4-6-11;13-11-7-6-10(8-12(11)14(15)16)17-9-4-2-1-3-5-9/h2-9H,1H3,(H,15,17);1-8H,13H2. The van der Waals surface area contributed by atoms with Crippen molar-refractivity contribution in [2.45, 2.75) is 6.92 Å². The van der Waals surface area contributed by atoms with Gasteiger partial charge in [0.05, 0.1) is 22.0 Å².